The molecular weight excluding hydrogens is 272 g/mol. The van der Waals surface area contributed by atoms with Gasteiger partial charge in [-0.1, -0.05) is 19.4 Å². The molecule has 1 unspecified atom stereocenters. The lowest BCUT2D eigenvalue weighted by molar-refractivity contribution is -0.385. The summed E-state index contributed by atoms with van der Waals surface area (Å²) in [6.45, 7) is 3.42. The van der Waals surface area contributed by atoms with Crippen LogP contribution in [-0.4, -0.2) is 33.9 Å². The second-order valence-electron chi connectivity index (χ2n) is 5.43. The van der Waals surface area contributed by atoms with E-state index >= 15 is 0 Å². The molecule has 6 heteroatoms. The number of phenolic OH excluding ortho intramolecular Hbond substituents is 1. The SMILES string of the molecule is CCC1CCCN(C(=O)c2cccc([N+](=O)[O-])c2O)CC1. The largest absolute Gasteiger partial charge is 0.502 e. The lowest BCUT2D eigenvalue weighted by Gasteiger charge is -2.21. The van der Waals surface area contributed by atoms with E-state index < -0.39 is 16.4 Å². The number of carbonyl (C=O) groups excluding carboxylic acids is 1. The molecule has 1 aromatic rings. The normalized spacial score (nSPS) is 19.1. The van der Waals surface area contributed by atoms with E-state index in [1.54, 1.807) is 4.90 Å². The summed E-state index contributed by atoms with van der Waals surface area (Å²) in [4.78, 5) is 24.3. The van der Waals surface area contributed by atoms with Crippen molar-refractivity contribution >= 4 is 11.6 Å². The third-order valence-corrected chi connectivity index (χ3v) is 4.15. The average molecular weight is 292 g/mol. The van der Waals surface area contributed by atoms with Crippen LogP contribution in [-0.2, 0) is 0 Å². The van der Waals surface area contributed by atoms with Crippen LogP contribution in [0.3, 0.4) is 0 Å². The Bertz CT molecular complexity index is 544. The second-order valence-corrected chi connectivity index (χ2v) is 5.43. The lowest BCUT2D eigenvalue weighted by atomic mass is 9.98. The molecule has 1 heterocycles. The van der Waals surface area contributed by atoms with E-state index in [1.165, 1.54) is 18.2 Å². The van der Waals surface area contributed by atoms with Gasteiger partial charge in [0.15, 0.2) is 0 Å². The van der Waals surface area contributed by atoms with Crippen molar-refractivity contribution in [3.05, 3.63) is 33.9 Å². The van der Waals surface area contributed by atoms with Crippen LogP contribution in [0.25, 0.3) is 0 Å². The Kier molecular flexibility index (Phi) is 4.77. The first-order valence-electron chi connectivity index (χ1n) is 7.30. The molecule has 1 aliphatic rings. The van der Waals surface area contributed by atoms with Gasteiger partial charge in [0.2, 0.25) is 5.75 Å². The number of likely N-dealkylation sites (tertiary alicyclic amines) is 1. The van der Waals surface area contributed by atoms with Gasteiger partial charge in [-0.25, -0.2) is 0 Å². The molecule has 0 saturated carbocycles. The molecule has 0 spiro atoms. The number of carbonyl (C=O) groups is 1. The van der Waals surface area contributed by atoms with Crippen LogP contribution in [0.5, 0.6) is 5.75 Å². The average Bonchev–Trinajstić information content (AvgIpc) is 2.71. The van der Waals surface area contributed by atoms with Gasteiger partial charge >= 0.3 is 5.69 Å². The number of benzene rings is 1. The number of phenols is 1. The molecule has 1 aromatic carbocycles. The van der Waals surface area contributed by atoms with Crippen LogP contribution in [0.2, 0.25) is 0 Å². The summed E-state index contributed by atoms with van der Waals surface area (Å²) in [6.07, 6.45) is 4.07. The Labute approximate surface area is 123 Å². The first kappa shape index (κ1) is 15.3. The zero-order valence-electron chi connectivity index (χ0n) is 12.1. The Morgan fingerprint density at radius 2 is 2.19 bits per heavy atom. The van der Waals surface area contributed by atoms with Gasteiger partial charge in [0.1, 0.15) is 0 Å². The lowest BCUT2D eigenvalue weighted by Crippen LogP contribution is -2.32. The van der Waals surface area contributed by atoms with Gasteiger partial charge in [-0.15, -0.1) is 0 Å². The fourth-order valence-corrected chi connectivity index (χ4v) is 2.80. The van der Waals surface area contributed by atoms with Gasteiger partial charge in [0.25, 0.3) is 5.91 Å². The van der Waals surface area contributed by atoms with Crippen LogP contribution in [0.1, 0.15) is 43.0 Å². The molecule has 6 nitrogen and oxygen atoms in total. The van der Waals surface area contributed by atoms with Crippen molar-refractivity contribution in [2.24, 2.45) is 5.92 Å². The number of nitro benzene ring substituents is 1. The summed E-state index contributed by atoms with van der Waals surface area (Å²) < 4.78 is 0. The molecule has 1 saturated heterocycles. The molecule has 0 aromatic heterocycles. The van der Waals surface area contributed by atoms with Crippen LogP contribution >= 0.6 is 0 Å². The molecule has 0 aliphatic carbocycles. The molecular formula is C15H20N2O4. The van der Waals surface area contributed by atoms with Crippen LogP contribution in [0, 0.1) is 16.0 Å². The third kappa shape index (κ3) is 3.32. The number of aromatic hydroxyl groups is 1. The van der Waals surface area contributed by atoms with E-state index in [-0.39, 0.29) is 11.5 Å². The minimum absolute atomic E-state index is 0.0131. The number of rotatable bonds is 3. The van der Waals surface area contributed by atoms with E-state index in [1.807, 2.05) is 0 Å². The number of nitro groups is 1. The van der Waals surface area contributed by atoms with E-state index in [0.29, 0.717) is 19.0 Å². The Morgan fingerprint density at radius 3 is 2.86 bits per heavy atom. The first-order valence-corrected chi connectivity index (χ1v) is 7.30. The fraction of sp³-hybridized carbons (Fsp3) is 0.533. The molecule has 1 amide bonds. The summed E-state index contributed by atoms with van der Waals surface area (Å²) in [6, 6.07) is 4.06. The molecule has 1 aliphatic heterocycles. The van der Waals surface area contributed by atoms with Crippen molar-refractivity contribution in [2.45, 2.75) is 32.6 Å². The van der Waals surface area contributed by atoms with Gasteiger partial charge < -0.3 is 10.0 Å². The number of hydrogen-bond donors (Lipinski definition) is 1. The quantitative estimate of drug-likeness (QED) is 0.685. The standard InChI is InChI=1S/C15H20N2O4/c1-2-11-5-4-9-16(10-8-11)15(19)12-6-3-7-13(14(12)18)17(20)21/h3,6-7,11,18H,2,4-5,8-10H2,1H3. The van der Waals surface area contributed by atoms with E-state index in [9.17, 15) is 20.0 Å². The summed E-state index contributed by atoms with van der Waals surface area (Å²) in [5.41, 5.74) is -0.416. The summed E-state index contributed by atoms with van der Waals surface area (Å²) in [7, 11) is 0. The van der Waals surface area contributed by atoms with Crippen molar-refractivity contribution in [3.8, 4) is 5.75 Å². The molecule has 1 atom stereocenters. The Morgan fingerprint density at radius 1 is 1.43 bits per heavy atom. The molecule has 114 valence electrons. The van der Waals surface area contributed by atoms with Gasteiger partial charge in [0.05, 0.1) is 10.5 Å². The zero-order valence-corrected chi connectivity index (χ0v) is 12.1. The molecule has 1 fully saturated rings. The highest BCUT2D eigenvalue weighted by molar-refractivity contribution is 5.98. The maximum Gasteiger partial charge on any atom is 0.311 e. The maximum atomic E-state index is 12.5. The van der Waals surface area contributed by atoms with E-state index in [4.69, 9.17) is 0 Å². The Hall–Kier alpha value is -2.11. The van der Waals surface area contributed by atoms with Gasteiger partial charge in [-0.3, -0.25) is 14.9 Å². The second kappa shape index (κ2) is 6.56. The predicted molar refractivity (Wildman–Crippen MR) is 78.3 cm³/mol. The van der Waals surface area contributed by atoms with E-state index in [2.05, 4.69) is 6.92 Å². The highest BCUT2D eigenvalue weighted by Crippen LogP contribution is 2.31. The molecule has 1 N–H and O–H groups in total. The van der Waals surface area contributed by atoms with Crippen LogP contribution in [0.4, 0.5) is 5.69 Å². The van der Waals surface area contributed by atoms with Crippen LogP contribution in [0.15, 0.2) is 18.2 Å². The van der Waals surface area contributed by atoms with E-state index in [0.717, 1.165) is 25.7 Å². The van der Waals surface area contributed by atoms with Crippen molar-refractivity contribution in [1.29, 1.82) is 0 Å². The predicted octanol–water partition coefficient (Wildman–Crippen LogP) is 2.95. The van der Waals surface area contributed by atoms with Gasteiger partial charge in [-0.05, 0) is 31.2 Å². The van der Waals surface area contributed by atoms with Crippen molar-refractivity contribution in [3.63, 3.8) is 0 Å². The smallest absolute Gasteiger partial charge is 0.311 e. The molecule has 2 rings (SSSR count). The highest BCUT2D eigenvalue weighted by Gasteiger charge is 2.26. The minimum Gasteiger partial charge on any atom is -0.502 e. The number of hydrogen-bond acceptors (Lipinski definition) is 4. The number of amides is 1. The van der Waals surface area contributed by atoms with Gasteiger partial charge in [0, 0.05) is 19.2 Å². The highest BCUT2D eigenvalue weighted by atomic mass is 16.6. The maximum absolute atomic E-state index is 12.5. The summed E-state index contributed by atoms with van der Waals surface area (Å²) in [5, 5.41) is 20.8. The summed E-state index contributed by atoms with van der Waals surface area (Å²) in [5.74, 6) is -0.238. The Balaban J connectivity index is 2.20. The minimum atomic E-state index is -0.679. The third-order valence-electron chi connectivity index (χ3n) is 4.15. The molecule has 21 heavy (non-hydrogen) atoms. The zero-order chi connectivity index (χ0) is 15.4. The molecule has 0 radical (unpaired) electrons. The fourth-order valence-electron chi connectivity index (χ4n) is 2.80. The topological polar surface area (TPSA) is 83.7 Å². The van der Waals surface area contributed by atoms with Gasteiger partial charge in [-0.2, -0.15) is 0 Å². The summed E-state index contributed by atoms with van der Waals surface area (Å²) >= 11 is 0. The monoisotopic (exact) mass is 292 g/mol. The molecule has 0 bridgehead atoms. The van der Waals surface area contributed by atoms with Crippen LogP contribution < -0.4 is 0 Å². The van der Waals surface area contributed by atoms with Crippen molar-refractivity contribution < 1.29 is 14.8 Å². The number of nitrogens with zero attached hydrogens (tertiary/aromatic N) is 2. The van der Waals surface area contributed by atoms with Crippen molar-refractivity contribution in [1.82, 2.24) is 4.90 Å². The first-order chi connectivity index (χ1) is 10.0. The van der Waals surface area contributed by atoms with Crippen molar-refractivity contribution in [2.75, 3.05) is 13.1 Å². The number of para-hydroxylation sites is 1.